The molecule has 0 radical (unpaired) electrons. The fraction of sp³-hybridized carbons (Fsp3) is 0.136. The van der Waals surface area contributed by atoms with E-state index >= 15 is 0 Å². The Morgan fingerprint density at radius 3 is 2.56 bits per heavy atom. The van der Waals surface area contributed by atoms with Crippen LogP contribution in [-0.2, 0) is 6.54 Å². The first kappa shape index (κ1) is 17.5. The molecule has 2 aromatic carbocycles. The van der Waals surface area contributed by atoms with Crippen LogP contribution in [0, 0.1) is 0 Å². The fourth-order valence-corrected chi connectivity index (χ4v) is 3.89. The molecule has 0 aliphatic carbocycles. The van der Waals surface area contributed by atoms with Crippen molar-refractivity contribution in [1.29, 1.82) is 0 Å². The van der Waals surface area contributed by atoms with Crippen molar-refractivity contribution in [2.45, 2.75) is 12.6 Å². The molecule has 0 aliphatic rings. The van der Waals surface area contributed by atoms with E-state index in [0.29, 0.717) is 0 Å². The van der Waals surface area contributed by atoms with Gasteiger partial charge in [0, 0.05) is 16.5 Å². The molecule has 5 heteroatoms. The van der Waals surface area contributed by atoms with Gasteiger partial charge in [0.25, 0.3) is 0 Å². The van der Waals surface area contributed by atoms with E-state index in [0.717, 1.165) is 34.3 Å². The molecule has 4 aromatic rings. The van der Waals surface area contributed by atoms with Gasteiger partial charge in [-0.05, 0) is 36.4 Å². The summed E-state index contributed by atoms with van der Waals surface area (Å²) in [4.78, 5) is 4.80. The van der Waals surface area contributed by atoms with Crippen molar-refractivity contribution in [3.05, 3.63) is 95.4 Å². The van der Waals surface area contributed by atoms with Gasteiger partial charge in [0.15, 0.2) is 11.8 Å². The van der Waals surface area contributed by atoms with Crippen molar-refractivity contribution >= 4 is 11.3 Å². The maximum Gasteiger partial charge on any atom is 0.170 e. The Hall–Kier alpha value is -2.89. The standard InChI is InChI=1S/C22H20N2O2S/c1-25-19-11-9-17(10-12-19)22-24-18(15-27-22)14-23-21(20-8-5-13-26-20)16-6-3-2-4-7-16/h2-13,15,21,23H,14H2,1H3/p+1/t21-/m0/s1. The van der Waals surface area contributed by atoms with Gasteiger partial charge in [-0.15, -0.1) is 11.3 Å². The number of benzene rings is 2. The molecular formula is C22H21N2O2S+. The molecule has 4 nitrogen and oxygen atoms in total. The first-order valence-electron chi connectivity index (χ1n) is 8.84. The number of thiazole rings is 1. The Labute approximate surface area is 162 Å². The van der Waals surface area contributed by atoms with Crippen molar-refractivity contribution < 1.29 is 14.5 Å². The molecule has 0 aliphatic heterocycles. The van der Waals surface area contributed by atoms with Crippen molar-refractivity contribution in [2.24, 2.45) is 0 Å². The molecule has 2 aromatic heterocycles. The second-order valence-corrected chi connectivity index (χ2v) is 7.07. The van der Waals surface area contributed by atoms with Gasteiger partial charge in [0.05, 0.1) is 13.4 Å². The van der Waals surface area contributed by atoms with Crippen LogP contribution >= 0.6 is 11.3 Å². The summed E-state index contributed by atoms with van der Waals surface area (Å²) in [6.07, 6.45) is 1.73. The van der Waals surface area contributed by atoms with Crippen molar-refractivity contribution in [3.8, 4) is 16.3 Å². The smallest absolute Gasteiger partial charge is 0.170 e. The van der Waals surface area contributed by atoms with E-state index in [1.807, 2.05) is 42.5 Å². The Bertz CT molecular complexity index is 963. The third-order valence-electron chi connectivity index (χ3n) is 4.46. The number of nitrogens with zero attached hydrogens (tertiary/aromatic N) is 1. The minimum Gasteiger partial charge on any atom is -0.497 e. The Balaban J connectivity index is 1.49. The van der Waals surface area contributed by atoms with Crippen LogP contribution in [0.2, 0.25) is 0 Å². The number of ether oxygens (including phenoxy) is 1. The SMILES string of the molecule is COc1ccc(-c2nc(C[NH2+][C@@H](c3ccccc3)c3ccco3)cs2)cc1. The number of aromatic nitrogens is 1. The fourth-order valence-electron chi connectivity index (χ4n) is 3.05. The topological polar surface area (TPSA) is 51.9 Å². The molecule has 0 bridgehead atoms. The van der Waals surface area contributed by atoms with E-state index in [1.54, 1.807) is 24.7 Å². The maximum atomic E-state index is 5.67. The highest BCUT2D eigenvalue weighted by atomic mass is 32.1. The van der Waals surface area contributed by atoms with Crippen LogP contribution in [0.1, 0.15) is 23.1 Å². The molecule has 0 amide bonds. The molecule has 0 fully saturated rings. The number of nitrogens with two attached hydrogens (primary N) is 1. The number of quaternary nitrogens is 1. The highest BCUT2D eigenvalue weighted by Crippen LogP contribution is 2.25. The summed E-state index contributed by atoms with van der Waals surface area (Å²) in [7, 11) is 1.68. The second-order valence-electron chi connectivity index (χ2n) is 6.22. The van der Waals surface area contributed by atoms with Crippen molar-refractivity contribution in [1.82, 2.24) is 4.98 Å². The van der Waals surface area contributed by atoms with E-state index < -0.39 is 0 Å². The number of methoxy groups -OCH3 is 1. The lowest BCUT2D eigenvalue weighted by atomic mass is 10.0. The van der Waals surface area contributed by atoms with Gasteiger partial charge in [-0.2, -0.15) is 0 Å². The van der Waals surface area contributed by atoms with E-state index in [1.165, 1.54) is 5.56 Å². The van der Waals surface area contributed by atoms with E-state index in [2.05, 4.69) is 35.0 Å². The van der Waals surface area contributed by atoms with Crippen molar-refractivity contribution in [2.75, 3.05) is 7.11 Å². The van der Waals surface area contributed by atoms with Gasteiger partial charge in [-0.25, -0.2) is 4.98 Å². The molecule has 0 saturated carbocycles. The summed E-state index contributed by atoms with van der Waals surface area (Å²) in [6.45, 7) is 0.785. The van der Waals surface area contributed by atoms with Gasteiger partial charge >= 0.3 is 0 Å². The summed E-state index contributed by atoms with van der Waals surface area (Å²) in [6, 6.07) is 22.5. The predicted molar refractivity (Wildman–Crippen MR) is 107 cm³/mol. The number of hydrogen-bond donors (Lipinski definition) is 1. The van der Waals surface area contributed by atoms with E-state index in [9.17, 15) is 0 Å². The van der Waals surface area contributed by atoms with Crippen LogP contribution in [0.4, 0.5) is 0 Å². The highest BCUT2D eigenvalue weighted by Gasteiger charge is 2.20. The highest BCUT2D eigenvalue weighted by molar-refractivity contribution is 7.13. The molecular weight excluding hydrogens is 356 g/mol. The molecule has 0 unspecified atom stereocenters. The van der Waals surface area contributed by atoms with Crippen LogP contribution in [0.15, 0.2) is 82.8 Å². The van der Waals surface area contributed by atoms with Crippen LogP contribution in [-0.4, -0.2) is 12.1 Å². The van der Waals surface area contributed by atoms with Gasteiger partial charge in [-0.1, -0.05) is 30.3 Å². The van der Waals surface area contributed by atoms with Crippen LogP contribution in [0.5, 0.6) is 5.75 Å². The lowest BCUT2D eigenvalue weighted by Gasteiger charge is -2.13. The normalized spacial score (nSPS) is 12.0. The van der Waals surface area contributed by atoms with Gasteiger partial charge in [0.2, 0.25) is 0 Å². The monoisotopic (exact) mass is 377 g/mol. The molecule has 136 valence electrons. The molecule has 2 N–H and O–H groups in total. The molecule has 27 heavy (non-hydrogen) atoms. The van der Waals surface area contributed by atoms with Crippen LogP contribution in [0.25, 0.3) is 10.6 Å². The Morgan fingerprint density at radius 1 is 1.04 bits per heavy atom. The molecule has 0 spiro atoms. The van der Waals surface area contributed by atoms with Gasteiger partial charge < -0.3 is 14.5 Å². The van der Waals surface area contributed by atoms with Crippen LogP contribution < -0.4 is 10.1 Å². The summed E-state index contributed by atoms with van der Waals surface area (Å²) in [5.41, 5.74) is 3.40. The lowest BCUT2D eigenvalue weighted by molar-refractivity contribution is -0.704. The molecule has 2 heterocycles. The zero-order valence-corrected chi connectivity index (χ0v) is 15.9. The molecule has 0 saturated heterocycles. The number of hydrogen-bond acceptors (Lipinski definition) is 4. The minimum atomic E-state index is 0.118. The van der Waals surface area contributed by atoms with Crippen LogP contribution in [0.3, 0.4) is 0 Å². The Morgan fingerprint density at radius 2 is 1.85 bits per heavy atom. The first-order valence-corrected chi connectivity index (χ1v) is 9.72. The maximum absolute atomic E-state index is 5.67. The zero-order chi connectivity index (χ0) is 18.5. The lowest BCUT2D eigenvalue weighted by Crippen LogP contribution is -2.83. The number of furan rings is 1. The predicted octanol–water partition coefficient (Wildman–Crippen LogP) is 4.26. The molecule has 4 rings (SSSR count). The average Bonchev–Trinajstić information content (AvgIpc) is 3.42. The van der Waals surface area contributed by atoms with Gasteiger partial charge in [-0.3, -0.25) is 0 Å². The second kappa shape index (κ2) is 8.20. The zero-order valence-electron chi connectivity index (χ0n) is 15.0. The largest absolute Gasteiger partial charge is 0.497 e. The van der Waals surface area contributed by atoms with Gasteiger partial charge in [0.1, 0.15) is 23.0 Å². The molecule has 1 atom stereocenters. The van der Waals surface area contributed by atoms with E-state index in [-0.39, 0.29) is 6.04 Å². The first-order chi connectivity index (χ1) is 13.3. The summed E-state index contributed by atoms with van der Waals surface area (Å²) in [5, 5.41) is 5.41. The Kier molecular flexibility index (Phi) is 5.32. The number of rotatable bonds is 7. The summed E-state index contributed by atoms with van der Waals surface area (Å²) < 4.78 is 10.9. The van der Waals surface area contributed by atoms with E-state index in [4.69, 9.17) is 14.1 Å². The third kappa shape index (κ3) is 4.10. The van der Waals surface area contributed by atoms with Crippen molar-refractivity contribution in [3.63, 3.8) is 0 Å². The third-order valence-corrected chi connectivity index (χ3v) is 5.40. The minimum absolute atomic E-state index is 0.118. The summed E-state index contributed by atoms with van der Waals surface area (Å²) >= 11 is 1.67. The quantitative estimate of drug-likeness (QED) is 0.523. The average molecular weight is 377 g/mol. The summed E-state index contributed by atoms with van der Waals surface area (Å²) in [5.74, 6) is 1.81.